The molecule has 1 amide bonds. The second-order valence-corrected chi connectivity index (χ2v) is 7.85. The Hall–Kier alpha value is -2.52. The molecule has 0 radical (unpaired) electrons. The first-order valence-corrected chi connectivity index (χ1v) is 10.2. The average molecular weight is 465 g/mol. The molecule has 3 rings (SSSR count). The Morgan fingerprint density at radius 2 is 2.00 bits per heavy atom. The van der Waals surface area contributed by atoms with Crippen LogP contribution in [0.4, 0.5) is 5.69 Å². The fraction of sp³-hybridized carbons (Fsp3) is 0.211. The molecule has 1 unspecified atom stereocenters. The summed E-state index contributed by atoms with van der Waals surface area (Å²) in [7, 11) is 1.58. The van der Waals surface area contributed by atoms with Crippen molar-refractivity contribution in [3.8, 4) is 11.4 Å². The molecule has 1 heterocycles. The van der Waals surface area contributed by atoms with Gasteiger partial charge in [-0.1, -0.05) is 19.1 Å². The van der Waals surface area contributed by atoms with E-state index in [2.05, 4.69) is 26.5 Å². The molecule has 1 atom stereocenters. The van der Waals surface area contributed by atoms with E-state index in [0.29, 0.717) is 28.6 Å². The van der Waals surface area contributed by atoms with E-state index in [1.165, 1.54) is 4.68 Å². The van der Waals surface area contributed by atoms with Crippen molar-refractivity contribution in [2.45, 2.75) is 23.6 Å². The number of anilines is 1. The van der Waals surface area contributed by atoms with Gasteiger partial charge in [-0.25, -0.2) is 4.79 Å². The van der Waals surface area contributed by atoms with Gasteiger partial charge in [-0.2, -0.15) is 0 Å². The van der Waals surface area contributed by atoms with Crippen LogP contribution in [0, 0.1) is 0 Å². The Bertz CT molecular complexity index is 1020. The second kappa shape index (κ2) is 9.11. The van der Waals surface area contributed by atoms with Crippen molar-refractivity contribution < 1.29 is 18.7 Å². The molecule has 0 saturated carbocycles. The zero-order valence-corrected chi connectivity index (χ0v) is 17.7. The molecule has 0 spiro atoms. The highest BCUT2D eigenvalue weighted by atomic mass is 79.9. The lowest BCUT2D eigenvalue weighted by Crippen LogP contribution is -2.37. The van der Waals surface area contributed by atoms with Crippen LogP contribution < -0.4 is 20.4 Å². The molecule has 0 bridgehead atoms. The van der Waals surface area contributed by atoms with Crippen molar-refractivity contribution in [3.63, 3.8) is 0 Å². The number of amides is 1. The highest BCUT2D eigenvalue weighted by Gasteiger charge is 2.30. The van der Waals surface area contributed by atoms with E-state index >= 15 is 0 Å². The number of H-pyrrole nitrogens is 1. The summed E-state index contributed by atoms with van der Waals surface area (Å²) in [5.41, 5.74) is 0.832. The number of benzene rings is 2. The number of carbonyl (C=O) groups excluding carboxylic acids is 1. The van der Waals surface area contributed by atoms with Crippen LogP contribution >= 0.6 is 27.7 Å². The number of thioether (sulfide) groups is 1. The van der Waals surface area contributed by atoms with E-state index in [1.807, 2.05) is 31.2 Å². The fourth-order valence-electron chi connectivity index (χ4n) is 2.50. The summed E-state index contributed by atoms with van der Waals surface area (Å²) in [6.07, 6.45) is 0.536. The van der Waals surface area contributed by atoms with Gasteiger partial charge in [0.1, 0.15) is 5.75 Å². The lowest BCUT2D eigenvalue weighted by atomic mass is 10.3. The molecule has 2 N–H and O–H groups in total. The van der Waals surface area contributed by atoms with E-state index in [4.69, 9.17) is 9.26 Å². The highest BCUT2D eigenvalue weighted by molar-refractivity contribution is 9.10. The minimum atomic E-state index is -0.534. The largest absolute Gasteiger partial charge is 0.497 e. The molecule has 146 valence electrons. The Kier molecular flexibility index (Phi) is 6.58. The number of nitrogens with zero attached hydrogens (tertiary/aromatic N) is 1. The van der Waals surface area contributed by atoms with Crippen molar-refractivity contribution in [2.24, 2.45) is 0 Å². The summed E-state index contributed by atoms with van der Waals surface area (Å²) in [4.78, 5) is 25.0. The van der Waals surface area contributed by atoms with Crippen LogP contribution in [-0.2, 0) is 4.79 Å². The Morgan fingerprint density at radius 3 is 2.64 bits per heavy atom. The molecule has 7 nitrogen and oxygen atoms in total. The number of ether oxygens (including phenoxy) is 1. The van der Waals surface area contributed by atoms with E-state index in [0.717, 1.165) is 16.2 Å². The first-order valence-electron chi connectivity index (χ1n) is 8.53. The summed E-state index contributed by atoms with van der Waals surface area (Å²) < 4.78 is 12.4. The van der Waals surface area contributed by atoms with Crippen LogP contribution in [0.5, 0.6) is 5.75 Å². The molecular formula is C19H19BrN3O4S+. The molecule has 28 heavy (non-hydrogen) atoms. The van der Waals surface area contributed by atoms with Crippen molar-refractivity contribution >= 4 is 39.3 Å². The van der Waals surface area contributed by atoms with Crippen LogP contribution in [0.2, 0.25) is 0 Å². The van der Waals surface area contributed by atoms with Crippen molar-refractivity contribution in [1.29, 1.82) is 0 Å². The van der Waals surface area contributed by atoms with Gasteiger partial charge in [-0.3, -0.25) is 9.32 Å². The number of carbonyl (C=O) groups is 1. The average Bonchev–Trinajstić information content (AvgIpc) is 3.08. The maximum Gasteiger partial charge on any atom is 0.442 e. The number of rotatable bonds is 7. The van der Waals surface area contributed by atoms with E-state index < -0.39 is 10.9 Å². The number of halogens is 1. The number of nitrogens with one attached hydrogen (secondary N) is 2. The van der Waals surface area contributed by atoms with E-state index in [9.17, 15) is 9.59 Å². The summed E-state index contributed by atoms with van der Waals surface area (Å²) in [6, 6.07) is 14.5. The molecule has 0 saturated heterocycles. The highest BCUT2D eigenvalue weighted by Crippen LogP contribution is 2.26. The van der Waals surface area contributed by atoms with Crippen LogP contribution in [-0.4, -0.2) is 23.5 Å². The molecule has 2 aromatic carbocycles. The topological polar surface area (TPSA) is 88.2 Å². The van der Waals surface area contributed by atoms with Gasteiger partial charge >= 0.3 is 10.7 Å². The van der Waals surface area contributed by atoms with Crippen LogP contribution in [0.25, 0.3) is 5.69 Å². The predicted octanol–water partition coefficient (Wildman–Crippen LogP) is 3.53. The Labute approximate surface area is 174 Å². The van der Waals surface area contributed by atoms with Crippen LogP contribution in [0.1, 0.15) is 13.3 Å². The van der Waals surface area contributed by atoms with Gasteiger partial charge in [-0.15, -0.1) is 0 Å². The van der Waals surface area contributed by atoms with Crippen LogP contribution in [0.15, 0.2) is 67.3 Å². The van der Waals surface area contributed by atoms with Gasteiger partial charge in [0.15, 0.2) is 0 Å². The van der Waals surface area contributed by atoms with Gasteiger partial charge in [0.2, 0.25) is 11.6 Å². The molecule has 0 fully saturated rings. The first-order chi connectivity index (χ1) is 13.5. The number of aromatic nitrogens is 2. The number of para-hydroxylation sites is 1. The minimum Gasteiger partial charge on any atom is -0.497 e. The van der Waals surface area contributed by atoms with Gasteiger partial charge in [0.25, 0.3) is 0 Å². The minimum absolute atomic E-state index is 0.193. The molecular weight excluding hydrogens is 446 g/mol. The maximum absolute atomic E-state index is 12.7. The smallest absolute Gasteiger partial charge is 0.442 e. The second-order valence-electron chi connectivity index (χ2n) is 5.80. The first kappa shape index (κ1) is 20.2. The molecule has 3 aromatic rings. The van der Waals surface area contributed by atoms with Crippen LogP contribution in [0.3, 0.4) is 0 Å². The zero-order chi connectivity index (χ0) is 20.1. The Morgan fingerprint density at radius 1 is 1.29 bits per heavy atom. The molecule has 0 aliphatic heterocycles. The summed E-state index contributed by atoms with van der Waals surface area (Å²) in [6.45, 7) is 1.89. The quantitative estimate of drug-likeness (QED) is 0.412. The van der Waals surface area contributed by atoms with Gasteiger partial charge < -0.3 is 10.1 Å². The molecule has 1 aromatic heterocycles. The number of hydrogen-bond donors (Lipinski definition) is 2. The van der Waals surface area contributed by atoms with Crippen molar-refractivity contribution in [2.75, 3.05) is 12.4 Å². The third-order valence-electron chi connectivity index (χ3n) is 3.99. The molecule has 9 heteroatoms. The SMILES string of the molecule is CCC(Sc1c(=O)o[nH][n+]1-c1ccc(OC)cc1)C(=O)Nc1ccccc1Br. The standard InChI is InChI=1S/C19H18BrN3O4S/c1-3-16(17(24)21-15-7-5-4-6-14(15)20)28-18-19(25)27-22-23(18)12-8-10-13(26-2)11-9-12/h4-11,16H,3H2,1-2H3,(H-,21,22,24,25)/p+1. The number of hydrogen-bond acceptors (Lipinski definition) is 5. The predicted molar refractivity (Wildman–Crippen MR) is 110 cm³/mol. The molecule has 0 aliphatic carbocycles. The normalized spacial score (nSPS) is 11.8. The summed E-state index contributed by atoms with van der Waals surface area (Å²) in [5.74, 6) is 0.505. The lowest BCUT2D eigenvalue weighted by molar-refractivity contribution is -0.704. The third kappa shape index (κ3) is 4.48. The summed E-state index contributed by atoms with van der Waals surface area (Å²) in [5, 5.41) is 5.29. The van der Waals surface area contributed by atoms with Crippen molar-refractivity contribution in [3.05, 3.63) is 63.4 Å². The fourth-order valence-corrected chi connectivity index (χ4v) is 3.87. The lowest BCUT2D eigenvalue weighted by Gasteiger charge is -2.13. The Balaban J connectivity index is 1.83. The van der Waals surface area contributed by atoms with Gasteiger partial charge in [0.05, 0.1) is 18.0 Å². The monoisotopic (exact) mass is 464 g/mol. The van der Waals surface area contributed by atoms with E-state index in [1.54, 1.807) is 31.4 Å². The van der Waals surface area contributed by atoms with Gasteiger partial charge in [0, 0.05) is 16.6 Å². The van der Waals surface area contributed by atoms with E-state index in [-0.39, 0.29) is 5.91 Å². The number of methoxy groups -OCH3 is 1. The number of aromatic amines is 1. The maximum atomic E-state index is 12.7. The zero-order valence-electron chi connectivity index (χ0n) is 15.3. The third-order valence-corrected chi connectivity index (χ3v) is 6.08. The molecule has 0 aliphatic rings. The van der Waals surface area contributed by atoms with Gasteiger partial charge in [-0.05, 0) is 68.3 Å². The van der Waals surface area contributed by atoms with Crippen molar-refractivity contribution in [1.82, 2.24) is 5.27 Å². The summed E-state index contributed by atoms with van der Waals surface area (Å²) >= 11 is 4.57.